The highest BCUT2D eigenvalue weighted by Gasteiger charge is 2.32. The van der Waals surface area contributed by atoms with E-state index in [1.807, 2.05) is 0 Å². The summed E-state index contributed by atoms with van der Waals surface area (Å²) in [6.07, 6.45) is -5.28. The van der Waals surface area contributed by atoms with Crippen molar-refractivity contribution in [3.63, 3.8) is 0 Å². The van der Waals surface area contributed by atoms with Crippen LogP contribution in [0.2, 0.25) is 5.02 Å². The molecule has 0 aliphatic heterocycles. The molecule has 14 heavy (non-hydrogen) atoms. The third-order valence-electron chi connectivity index (χ3n) is 1.71. The number of nitrogens with two attached hydrogens (primary N) is 1. The van der Waals surface area contributed by atoms with Crippen LogP contribution in [-0.4, -0.2) is 6.18 Å². The van der Waals surface area contributed by atoms with Crippen molar-refractivity contribution in [1.82, 2.24) is 0 Å². The Morgan fingerprint density at radius 3 is 2.50 bits per heavy atom. The molecule has 1 unspecified atom stereocenters. The zero-order valence-corrected chi connectivity index (χ0v) is 8.93. The molecule has 1 heterocycles. The predicted molar refractivity (Wildman–Crippen MR) is 51.7 cm³/mol. The lowest BCUT2D eigenvalue weighted by Crippen LogP contribution is -2.19. The van der Waals surface area contributed by atoms with E-state index in [9.17, 15) is 13.2 Å². The normalized spacial score (nSPS) is 14.4. The highest BCUT2D eigenvalue weighted by Crippen LogP contribution is 2.36. The summed E-state index contributed by atoms with van der Waals surface area (Å²) in [6, 6.07) is -1.05. The molecule has 2 N–H and O–H groups in total. The molecule has 0 aromatic carbocycles. The smallest absolute Gasteiger partial charge is 0.323 e. The molecule has 0 aliphatic carbocycles. The van der Waals surface area contributed by atoms with Gasteiger partial charge in [0, 0.05) is 10.9 Å². The van der Waals surface area contributed by atoms with E-state index in [0.29, 0.717) is 9.90 Å². The van der Waals surface area contributed by atoms with Gasteiger partial charge in [-0.15, -0.1) is 11.3 Å². The quantitative estimate of drug-likeness (QED) is 0.843. The van der Waals surface area contributed by atoms with Gasteiger partial charge in [0.1, 0.15) is 0 Å². The van der Waals surface area contributed by atoms with Gasteiger partial charge in [-0.2, -0.15) is 13.2 Å². The van der Waals surface area contributed by atoms with Gasteiger partial charge in [-0.3, -0.25) is 0 Å². The van der Waals surface area contributed by atoms with E-state index in [-0.39, 0.29) is 0 Å². The number of rotatable bonds is 2. The van der Waals surface area contributed by atoms with Crippen LogP contribution in [0.5, 0.6) is 0 Å². The summed E-state index contributed by atoms with van der Waals surface area (Å²) in [5.74, 6) is 0. The lowest BCUT2D eigenvalue weighted by Gasteiger charge is -2.12. The van der Waals surface area contributed by atoms with E-state index >= 15 is 0 Å². The molecule has 1 atom stereocenters. The number of alkyl halides is 3. The summed E-state index contributed by atoms with van der Waals surface area (Å²) in [4.78, 5) is 0.404. The molecule has 0 bridgehead atoms. The first-order valence-corrected chi connectivity index (χ1v) is 5.13. The number of aryl methyl sites for hydroxylation is 1. The number of halogens is 4. The Bertz CT molecular complexity index is 321. The van der Waals surface area contributed by atoms with Gasteiger partial charge in [0.2, 0.25) is 0 Å². The second-order valence-corrected chi connectivity index (χ2v) is 4.31. The molecule has 0 spiro atoms. The summed E-state index contributed by atoms with van der Waals surface area (Å²) in [5.41, 5.74) is 6.17. The molecule has 6 heteroatoms. The lowest BCUT2D eigenvalue weighted by molar-refractivity contribution is -0.138. The first-order chi connectivity index (χ1) is 6.31. The van der Waals surface area contributed by atoms with E-state index in [1.54, 1.807) is 12.3 Å². The zero-order chi connectivity index (χ0) is 10.9. The lowest BCUT2D eigenvalue weighted by atomic mass is 10.1. The van der Waals surface area contributed by atoms with E-state index in [2.05, 4.69) is 0 Å². The summed E-state index contributed by atoms with van der Waals surface area (Å²) in [6.45, 7) is 1.74. The molecule has 0 radical (unpaired) electrons. The molecule has 1 aromatic rings. The molecule has 1 nitrogen and oxygen atoms in total. The maximum absolute atomic E-state index is 12.0. The Morgan fingerprint density at radius 1 is 1.57 bits per heavy atom. The minimum Gasteiger partial charge on any atom is -0.323 e. The molecule has 0 amide bonds. The second kappa shape index (κ2) is 4.08. The van der Waals surface area contributed by atoms with Gasteiger partial charge >= 0.3 is 6.18 Å². The Kier molecular flexibility index (Phi) is 3.44. The van der Waals surface area contributed by atoms with Gasteiger partial charge in [-0.1, -0.05) is 11.6 Å². The maximum atomic E-state index is 12.0. The van der Waals surface area contributed by atoms with Crippen molar-refractivity contribution < 1.29 is 13.2 Å². The van der Waals surface area contributed by atoms with Gasteiger partial charge in [-0.25, -0.2) is 0 Å². The van der Waals surface area contributed by atoms with Crippen LogP contribution in [-0.2, 0) is 0 Å². The SMILES string of the molecule is Cc1csc(C(N)CC(F)(F)F)c1Cl. The Hall–Kier alpha value is -0.260. The van der Waals surface area contributed by atoms with Crippen molar-refractivity contribution in [3.05, 3.63) is 20.8 Å². The van der Waals surface area contributed by atoms with Gasteiger partial charge in [-0.05, 0) is 17.9 Å². The van der Waals surface area contributed by atoms with Gasteiger partial charge in [0.05, 0.1) is 11.4 Å². The molecule has 0 saturated carbocycles. The summed E-state index contributed by atoms with van der Waals surface area (Å²) in [7, 11) is 0. The first-order valence-electron chi connectivity index (χ1n) is 3.87. The predicted octanol–water partition coefficient (Wildman–Crippen LogP) is 3.66. The Balaban J connectivity index is 2.80. The van der Waals surface area contributed by atoms with Crippen LogP contribution in [0, 0.1) is 6.92 Å². The minimum absolute atomic E-state index is 0.353. The average Bonchev–Trinajstić information content (AvgIpc) is 2.29. The molecular formula is C8H9ClF3NS. The van der Waals surface area contributed by atoms with E-state index in [4.69, 9.17) is 17.3 Å². The minimum atomic E-state index is -4.25. The van der Waals surface area contributed by atoms with Crippen LogP contribution in [0.25, 0.3) is 0 Å². The Morgan fingerprint density at radius 2 is 2.14 bits per heavy atom. The average molecular weight is 244 g/mol. The Labute approximate surface area is 88.7 Å². The molecule has 80 valence electrons. The third kappa shape index (κ3) is 2.87. The van der Waals surface area contributed by atoms with E-state index in [1.165, 1.54) is 11.3 Å². The molecule has 0 saturated heterocycles. The van der Waals surface area contributed by atoms with Crippen molar-refractivity contribution >= 4 is 22.9 Å². The third-order valence-corrected chi connectivity index (χ3v) is 3.56. The van der Waals surface area contributed by atoms with Crippen molar-refractivity contribution in [2.75, 3.05) is 0 Å². The molecular weight excluding hydrogens is 235 g/mol. The van der Waals surface area contributed by atoms with Gasteiger partial charge in [0.25, 0.3) is 0 Å². The fourth-order valence-electron chi connectivity index (χ4n) is 1.04. The van der Waals surface area contributed by atoms with Crippen LogP contribution < -0.4 is 5.73 Å². The fourth-order valence-corrected chi connectivity index (χ4v) is 2.38. The summed E-state index contributed by atoms with van der Waals surface area (Å²) < 4.78 is 36.0. The fraction of sp³-hybridized carbons (Fsp3) is 0.500. The number of hydrogen-bond donors (Lipinski definition) is 1. The van der Waals surface area contributed by atoms with Crippen LogP contribution in [0.3, 0.4) is 0 Å². The molecule has 1 rings (SSSR count). The topological polar surface area (TPSA) is 26.0 Å². The summed E-state index contributed by atoms with van der Waals surface area (Å²) in [5, 5.41) is 2.06. The van der Waals surface area contributed by atoms with Crippen LogP contribution in [0.1, 0.15) is 22.9 Å². The summed E-state index contributed by atoms with van der Waals surface area (Å²) >= 11 is 6.96. The van der Waals surface area contributed by atoms with E-state index in [0.717, 1.165) is 5.56 Å². The highest BCUT2D eigenvalue weighted by molar-refractivity contribution is 7.10. The van der Waals surface area contributed by atoms with Crippen LogP contribution >= 0.6 is 22.9 Å². The standard InChI is InChI=1S/C8H9ClF3NS/c1-4-3-14-7(6(4)9)5(13)2-8(10,11)12/h3,5H,2,13H2,1H3. The van der Waals surface area contributed by atoms with Gasteiger partial charge in [0.15, 0.2) is 0 Å². The largest absolute Gasteiger partial charge is 0.390 e. The second-order valence-electron chi connectivity index (χ2n) is 3.02. The van der Waals surface area contributed by atoms with Crippen molar-refractivity contribution in [2.24, 2.45) is 5.73 Å². The first kappa shape index (κ1) is 11.8. The molecule has 0 aliphatic rings. The number of thiophene rings is 1. The monoisotopic (exact) mass is 243 g/mol. The van der Waals surface area contributed by atoms with Crippen LogP contribution in [0.15, 0.2) is 5.38 Å². The van der Waals surface area contributed by atoms with Crippen molar-refractivity contribution in [1.29, 1.82) is 0 Å². The number of hydrogen-bond acceptors (Lipinski definition) is 2. The van der Waals surface area contributed by atoms with Gasteiger partial charge < -0.3 is 5.73 Å². The molecule has 0 fully saturated rings. The zero-order valence-electron chi connectivity index (χ0n) is 7.36. The van der Waals surface area contributed by atoms with Crippen molar-refractivity contribution in [2.45, 2.75) is 25.6 Å². The highest BCUT2D eigenvalue weighted by atomic mass is 35.5. The van der Waals surface area contributed by atoms with Crippen LogP contribution in [0.4, 0.5) is 13.2 Å². The molecule has 1 aromatic heterocycles. The van der Waals surface area contributed by atoms with Crippen molar-refractivity contribution in [3.8, 4) is 0 Å². The maximum Gasteiger partial charge on any atom is 0.390 e. The van der Waals surface area contributed by atoms with E-state index < -0.39 is 18.6 Å².